The number of ether oxygens (including phenoxy) is 1. The van der Waals surface area contributed by atoms with Crippen LogP contribution in [0.3, 0.4) is 0 Å². The molecule has 1 saturated carbocycles. The van der Waals surface area contributed by atoms with E-state index in [9.17, 15) is 0 Å². The Morgan fingerprint density at radius 3 is 2.16 bits per heavy atom. The molecule has 0 unspecified atom stereocenters. The first-order valence-electron chi connectivity index (χ1n) is 7.39. The van der Waals surface area contributed by atoms with Gasteiger partial charge in [0.15, 0.2) is 0 Å². The Hall–Kier alpha value is -1.02. The number of rotatable bonds is 4. The molecule has 1 aliphatic carbocycles. The zero-order valence-corrected chi connectivity index (χ0v) is 12.5. The maximum absolute atomic E-state index is 5.97. The van der Waals surface area contributed by atoms with Gasteiger partial charge >= 0.3 is 0 Å². The molecule has 2 N–H and O–H groups in total. The smallest absolute Gasteiger partial charge is 0.119 e. The second-order valence-electron chi connectivity index (χ2n) is 6.97. The fraction of sp³-hybridized carbons (Fsp3) is 0.647. The van der Waals surface area contributed by atoms with Crippen molar-refractivity contribution in [3.63, 3.8) is 0 Å². The van der Waals surface area contributed by atoms with Crippen LogP contribution in [0.25, 0.3) is 0 Å². The molecule has 0 heterocycles. The maximum Gasteiger partial charge on any atom is 0.119 e. The van der Waals surface area contributed by atoms with Crippen LogP contribution in [0.1, 0.15) is 52.0 Å². The molecule has 1 aromatic carbocycles. The Labute approximate surface area is 117 Å². The lowest BCUT2D eigenvalue weighted by Gasteiger charge is -2.27. The lowest BCUT2D eigenvalue weighted by atomic mass is 9.87. The van der Waals surface area contributed by atoms with Crippen LogP contribution < -0.4 is 10.5 Å². The van der Waals surface area contributed by atoms with E-state index in [1.54, 1.807) is 0 Å². The Morgan fingerprint density at radius 2 is 1.68 bits per heavy atom. The van der Waals surface area contributed by atoms with Crippen LogP contribution in [0.15, 0.2) is 24.3 Å². The molecule has 0 aliphatic heterocycles. The molecule has 0 aromatic heterocycles. The van der Waals surface area contributed by atoms with E-state index < -0.39 is 0 Å². The molecule has 1 aromatic rings. The van der Waals surface area contributed by atoms with Crippen LogP contribution in [-0.2, 0) is 5.41 Å². The van der Waals surface area contributed by atoms with Gasteiger partial charge in [-0.15, -0.1) is 0 Å². The summed E-state index contributed by atoms with van der Waals surface area (Å²) in [4.78, 5) is 0. The quantitative estimate of drug-likeness (QED) is 0.892. The number of hydrogen-bond acceptors (Lipinski definition) is 2. The van der Waals surface area contributed by atoms with Crippen molar-refractivity contribution in [2.75, 3.05) is 13.2 Å². The van der Waals surface area contributed by atoms with Crippen molar-refractivity contribution in [1.82, 2.24) is 0 Å². The second-order valence-corrected chi connectivity index (χ2v) is 6.97. The average Bonchev–Trinajstić information content (AvgIpc) is 2.85. The molecule has 19 heavy (non-hydrogen) atoms. The molecule has 0 bridgehead atoms. The Bertz CT molecular complexity index is 396. The van der Waals surface area contributed by atoms with Gasteiger partial charge in [0.2, 0.25) is 0 Å². The highest BCUT2D eigenvalue weighted by Crippen LogP contribution is 2.37. The van der Waals surface area contributed by atoms with Gasteiger partial charge in [-0.2, -0.15) is 0 Å². The SMILES string of the molecule is CC(C)(C)c1ccc(OCC2(CN)CCCC2)cc1. The number of nitrogens with two attached hydrogens (primary N) is 1. The number of hydrogen-bond donors (Lipinski definition) is 1. The van der Waals surface area contributed by atoms with E-state index in [1.807, 2.05) is 0 Å². The summed E-state index contributed by atoms with van der Waals surface area (Å²) >= 11 is 0. The van der Waals surface area contributed by atoms with E-state index in [4.69, 9.17) is 10.5 Å². The number of benzene rings is 1. The lowest BCUT2D eigenvalue weighted by molar-refractivity contribution is 0.157. The minimum absolute atomic E-state index is 0.197. The molecular weight excluding hydrogens is 234 g/mol. The second kappa shape index (κ2) is 5.54. The molecule has 0 amide bonds. The van der Waals surface area contributed by atoms with Gasteiger partial charge in [0, 0.05) is 12.0 Å². The Balaban J connectivity index is 1.96. The van der Waals surface area contributed by atoms with E-state index in [0.717, 1.165) is 18.9 Å². The maximum atomic E-state index is 5.97. The Morgan fingerprint density at radius 1 is 1.11 bits per heavy atom. The zero-order chi connectivity index (χ0) is 13.9. The highest BCUT2D eigenvalue weighted by atomic mass is 16.5. The molecule has 1 aliphatic rings. The first kappa shape index (κ1) is 14.4. The highest BCUT2D eigenvalue weighted by Gasteiger charge is 2.33. The van der Waals surface area contributed by atoms with Crippen molar-refractivity contribution < 1.29 is 4.74 Å². The monoisotopic (exact) mass is 261 g/mol. The molecule has 0 saturated heterocycles. The summed E-state index contributed by atoms with van der Waals surface area (Å²) < 4.78 is 5.97. The van der Waals surface area contributed by atoms with Crippen LogP contribution in [-0.4, -0.2) is 13.2 Å². The zero-order valence-electron chi connectivity index (χ0n) is 12.5. The van der Waals surface area contributed by atoms with Gasteiger partial charge in [-0.1, -0.05) is 45.7 Å². The summed E-state index contributed by atoms with van der Waals surface area (Å²) in [6.45, 7) is 8.19. The van der Waals surface area contributed by atoms with Gasteiger partial charge in [-0.05, 0) is 36.0 Å². The molecule has 2 nitrogen and oxygen atoms in total. The van der Waals surface area contributed by atoms with Gasteiger partial charge in [0.05, 0.1) is 6.61 Å². The third-order valence-corrected chi connectivity index (χ3v) is 4.36. The van der Waals surface area contributed by atoms with Crippen molar-refractivity contribution in [3.05, 3.63) is 29.8 Å². The van der Waals surface area contributed by atoms with Crippen LogP contribution in [0.2, 0.25) is 0 Å². The predicted octanol–water partition coefficient (Wildman–Crippen LogP) is 3.88. The van der Waals surface area contributed by atoms with E-state index in [1.165, 1.54) is 31.2 Å². The van der Waals surface area contributed by atoms with Crippen LogP contribution >= 0.6 is 0 Å². The van der Waals surface area contributed by atoms with Crippen molar-refractivity contribution in [3.8, 4) is 5.75 Å². The largest absolute Gasteiger partial charge is 0.493 e. The lowest BCUT2D eigenvalue weighted by Crippen LogP contribution is -2.33. The Kier molecular flexibility index (Phi) is 4.19. The summed E-state index contributed by atoms with van der Waals surface area (Å²) in [5, 5.41) is 0. The van der Waals surface area contributed by atoms with Crippen LogP contribution in [0.4, 0.5) is 0 Å². The fourth-order valence-corrected chi connectivity index (χ4v) is 2.82. The molecule has 2 rings (SSSR count). The van der Waals surface area contributed by atoms with Gasteiger partial charge in [-0.25, -0.2) is 0 Å². The van der Waals surface area contributed by atoms with E-state index in [-0.39, 0.29) is 10.8 Å². The summed E-state index contributed by atoms with van der Waals surface area (Å²) in [5.74, 6) is 0.965. The van der Waals surface area contributed by atoms with E-state index >= 15 is 0 Å². The minimum atomic E-state index is 0.197. The summed E-state index contributed by atoms with van der Waals surface area (Å²) in [7, 11) is 0. The van der Waals surface area contributed by atoms with Gasteiger partial charge in [0.25, 0.3) is 0 Å². The summed E-state index contributed by atoms with van der Waals surface area (Å²) in [5.41, 5.74) is 7.70. The fourth-order valence-electron chi connectivity index (χ4n) is 2.82. The topological polar surface area (TPSA) is 35.2 Å². The molecule has 2 heteroatoms. The first-order chi connectivity index (χ1) is 8.95. The van der Waals surface area contributed by atoms with Crippen molar-refractivity contribution in [1.29, 1.82) is 0 Å². The summed E-state index contributed by atoms with van der Waals surface area (Å²) in [6, 6.07) is 8.50. The van der Waals surface area contributed by atoms with E-state index in [0.29, 0.717) is 0 Å². The molecule has 1 fully saturated rings. The predicted molar refractivity (Wildman–Crippen MR) is 80.6 cm³/mol. The van der Waals surface area contributed by atoms with Crippen molar-refractivity contribution in [2.45, 2.75) is 51.9 Å². The first-order valence-corrected chi connectivity index (χ1v) is 7.39. The van der Waals surface area contributed by atoms with Gasteiger partial charge < -0.3 is 10.5 Å². The van der Waals surface area contributed by atoms with Crippen molar-refractivity contribution >= 4 is 0 Å². The molecule has 106 valence electrons. The molecule has 0 atom stereocenters. The summed E-state index contributed by atoms with van der Waals surface area (Å²) in [6.07, 6.45) is 5.01. The van der Waals surface area contributed by atoms with Crippen molar-refractivity contribution in [2.24, 2.45) is 11.1 Å². The van der Waals surface area contributed by atoms with Gasteiger partial charge in [0.1, 0.15) is 5.75 Å². The molecule has 0 spiro atoms. The third kappa shape index (κ3) is 3.50. The van der Waals surface area contributed by atoms with E-state index in [2.05, 4.69) is 45.0 Å². The minimum Gasteiger partial charge on any atom is -0.493 e. The highest BCUT2D eigenvalue weighted by molar-refractivity contribution is 5.31. The van der Waals surface area contributed by atoms with Gasteiger partial charge in [-0.3, -0.25) is 0 Å². The molecule has 0 radical (unpaired) electrons. The van der Waals surface area contributed by atoms with Crippen LogP contribution in [0, 0.1) is 5.41 Å². The third-order valence-electron chi connectivity index (χ3n) is 4.36. The van der Waals surface area contributed by atoms with Crippen LogP contribution in [0.5, 0.6) is 5.75 Å². The molecular formula is C17H27NO. The standard InChI is InChI=1S/C17H27NO/c1-16(2,3)14-6-8-15(9-7-14)19-13-17(12-18)10-4-5-11-17/h6-9H,4-5,10-13,18H2,1-3H3. The average molecular weight is 261 g/mol. The normalized spacial score (nSPS) is 18.5.